The smallest absolute Gasteiger partial charge is 0.259 e. The van der Waals surface area contributed by atoms with Gasteiger partial charge in [0.2, 0.25) is 0 Å². The summed E-state index contributed by atoms with van der Waals surface area (Å²) >= 11 is 0. The van der Waals surface area contributed by atoms with Crippen molar-refractivity contribution in [2.75, 3.05) is 0 Å². The summed E-state index contributed by atoms with van der Waals surface area (Å²) in [5.41, 5.74) is 7.67. The number of aryl methyl sites for hydroxylation is 1. The molecule has 0 atom stereocenters. The van der Waals surface area contributed by atoms with Crippen LogP contribution in [0.4, 0.5) is 0 Å². The summed E-state index contributed by atoms with van der Waals surface area (Å²) in [4.78, 5) is 8.48. The summed E-state index contributed by atoms with van der Waals surface area (Å²) in [6, 6.07) is 1.97. The Labute approximate surface area is 99.1 Å². The van der Waals surface area contributed by atoms with Gasteiger partial charge in [-0.15, -0.1) is 0 Å². The fourth-order valence-corrected chi connectivity index (χ4v) is 2.00. The molecule has 0 spiro atoms. The van der Waals surface area contributed by atoms with Gasteiger partial charge >= 0.3 is 0 Å². The zero-order valence-corrected chi connectivity index (χ0v) is 9.68. The molecule has 88 valence electrons. The summed E-state index contributed by atoms with van der Waals surface area (Å²) in [6.07, 6.45) is 6.49. The van der Waals surface area contributed by atoms with Gasteiger partial charge in [-0.1, -0.05) is 5.16 Å². The van der Waals surface area contributed by atoms with E-state index in [9.17, 15) is 0 Å². The second kappa shape index (κ2) is 3.63. The van der Waals surface area contributed by atoms with Crippen LogP contribution in [0.1, 0.15) is 30.7 Å². The van der Waals surface area contributed by atoms with Crippen molar-refractivity contribution in [1.82, 2.24) is 15.1 Å². The Balaban J connectivity index is 1.95. The quantitative estimate of drug-likeness (QED) is 0.850. The van der Waals surface area contributed by atoms with Gasteiger partial charge in [-0.25, -0.2) is 0 Å². The van der Waals surface area contributed by atoms with Crippen LogP contribution < -0.4 is 5.73 Å². The lowest BCUT2D eigenvalue weighted by Gasteiger charge is -2.34. The highest BCUT2D eigenvalue weighted by Gasteiger charge is 2.39. The summed E-state index contributed by atoms with van der Waals surface area (Å²) in [7, 11) is 0. The molecule has 2 heterocycles. The van der Waals surface area contributed by atoms with Crippen LogP contribution in [0.3, 0.4) is 0 Å². The molecule has 0 aliphatic heterocycles. The average molecular weight is 230 g/mol. The highest BCUT2D eigenvalue weighted by molar-refractivity contribution is 5.52. The minimum absolute atomic E-state index is 0.376. The largest absolute Gasteiger partial charge is 0.334 e. The number of hydrogen-bond acceptors (Lipinski definition) is 5. The van der Waals surface area contributed by atoms with E-state index in [1.807, 2.05) is 13.0 Å². The van der Waals surface area contributed by atoms with Crippen molar-refractivity contribution in [3.8, 4) is 11.5 Å². The molecule has 1 aliphatic carbocycles. The van der Waals surface area contributed by atoms with Crippen molar-refractivity contribution in [1.29, 1.82) is 0 Å². The first-order valence-electron chi connectivity index (χ1n) is 5.72. The molecule has 5 heteroatoms. The minimum atomic E-state index is -0.376. The van der Waals surface area contributed by atoms with Crippen LogP contribution in [0, 0.1) is 6.92 Å². The highest BCUT2D eigenvalue weighted by atomic mass is 16.5. The van der Waals surface area contributed by atoms with Gasteiger partial charge in [0, 0.05) is 12.4 Å². The molecule has 0 aromatic carbocycles. The molecular weight excluding hydrogens is 216 g/mol. The molecule has 2 aromatic rings. The Morgan fingerprint density at radius 1 is 1.35 bits per heavy atom. The SMILES string of the molecule is Cc1cncc(-c2nc(C3(N)CCC3)no2)c1. The van der Waals surface area contributed by atoms with E-state index in [-0.39, 0.29) is 5.54 Å². The number of rotatable bonds is 2. The molecule has 0 radical (unpaired) electrons. The van der Waals surface area contributed by atoms with Gasteiger partial charge in [0.25, 0.3) is 5.89 Å². The third-order valence-corrected chi connectivity index (χ3v) is 3.24. The maximum atomic E-state index is 6.14. The molecule has 2 N–H and O–H groups in total. The van der Waals surface area contributed by atoms with Crippen LogP contribution in [0.25, 0.3) is 11.5 Å². The number of nitrogens with two attached hydrogens (primary N) is 1. The first-order valence-corrected chi connectivity index (χ1v) is 5.72. The van der Waals surface area contributed by atoms with Crippen molar-refractivity contribution in [2.45, 2.75) is 31.7 Å². The Hall–Kier alpha value is -1.75. The Morgan fingerprint density at radius 2 is 2.18 bits per heavy atom. The molecule has 1 saturated carbocycles. The van der Waals surface area contributed by atoms with E-state index in [0.29, 0.717) is 11.7 Å². The maximum Gasteiger partial charge on any atom is 0.259 e. The molecule has 0 saturated heterocycles. The summed E-state index contributed by atoms with van der Waals surface area (Å²) in [5.74, 6) is 1.10. The van der Waals surface area contributed by atoms with Crippen LogP contribution in [0.15, 0.2) is 23.0 Å². The molecule has 3 rings (SSSR count). The summed E-state index contributed by atoms with van der Waals surface area (Å²) in [6.45, 7) is 1.98. The van der Waals surface area contributed by atoms with Crippen LogP contribution in [0.2, 0.25) is 0 Å². The Kier molecular flexibility index (Phi) is 2.22. The predicted molar refractivity (Wildman–Crippen MR) is 62.0 cm³/mol. The molecule has 2 aromatic heterocycles. The van der Waals surface area contributed by atoms with Crippen LogP contribution >= 0.6 is 0 Å². The normalized spacial score (nSPS) is 17.8. The standard InChI is InChI=1S/C12H14N4O/c1-8-5-9(7-14-6-8)10-15-11(16-17-10)12(13)3-2-4-12/h5-7H,2-4,13H2,1H3. The fraction of sp³-hybridized carbons (Fsp3) is 0.417. The van der Waals surface area contributed by atoms with E-state index >= 15 is 0 Å². The van der Waals surface area contributed by atoms with Crippen LogP contribution in [0.5, 0.6) is 0 Å². The lowest BCUT2D eigenvalue weighted by Crippen LogP contribution is -2.44. The first kappa shape index (κ1) is 10.4. The predicted octanol–water partition coefficient (Wildman–Crippen LogP) is 1.78. The Morgan fingerprint density at radius 3 is 2.82 bits per heavy atom. The lowest BCUT2D eigenvalue weighted by atomic mass is 9.77. The number of pyridine rings is 1. The maximum absolute atomic E-state index is 6.14. The topological polar surface area (TPSA) is 77.8 Å². The zero-order valence-electron chi connectivity index (χ0n) is 9.68. The monoisotopic (exact) mass is 230 g/mol. The van der Waals surface area contributed by atoms with Crippen LogP contribution in [-0.4, -0.2) is 15.1 Å². The molecule has 17 heavy (non-hydrogen) atoms. The van der Waals surface area contributed by atoms with Gasteiger partial charge < -0.3 is 10.3 Å². The minimum Gasteiger partial charge on any atom is -0.334 e. The molecule has 5 nitrogen and oxygen atoms in total. The first-order chi connectivity index (χ1) is 8.17. The summed E-state index contributed by atoms with van der Waals surface area (Å²) < 4.78 is 5.25. The summed E-state index contributed by atoms with van der Waals surface area (Å²) in [5, 5.41) is 3.98. The van der Waals surface area contributed by atoms with Crippen molar-refractivity contribution in [2.24, 2.45) is 5.73 Å². The van der Waals surface area contributed by atoms with Crippen molar-refractivity contribution in [3.63, 3.8) is 0 Å². The second-order valence-corrected chi connectivity index (χ2v) is 4.68. The highest BCUT2D eigenvalue weighted by Crippen LogP contribution is 2.37. The molecular formula is C12H14N4O. The Bertz CT molecular complexity index is 545. The van der Waals surface area contributed by atoms with Crippen molar-refractivity contribution in [3.05, 3.63) is 29.8 Å². The molecule has 1 fully saturated rings. The fourth-order valence-electron chi connectivity index (χ4n) is 2.00. The average Bonchev–Trinajstić information content (AvgIpc) is 2.75. The molecule has 1 aliphatic rings. The molecule has 0 unspecified atom stereocenters. The molecule has 0 amide bonds. The van der Waals surface area contributed by atoms with E-state index in [1.54, 1.807) is 12.4 Å². The lowest BCUT2D eigenvalue weighted by molar-refractivity contribution is 0.229. The van der Waals surface area contributed by atoms with Crippen molar-refractivity contribution < 1.29 is 4.52 Å². The van der Waals surface area contributed by atoms with Gasteiger partial charge in [0.1, 0.15) is 0 Å². The second-order valence-electron chi connectivity index (χ2n) is 4.68. The third kappa shape index (κ3) is 1.72. The number of nitrogens with zero attached hydrogens (tertiary/aromatic N) is 3. The van der Waals surface area contributed by atoms with Gasteiger partial charge in [0.05, 0.1) is 11.1 Å². The van der Waals surface area contributed by atoms with Gasteiger partial charge in [-0.2, -0.15) is 4.98 Å². The third-order valence-electron chi connectivity index (χ3n) is 3.24. The molecule has 0 bridgehead atoms. The van der Waals surface area contributed by atoms with Crippen molar-refractivity contribution >= 4 is 0 Å². The van der Waals surface area contributed by atoms with E-state index in [2.05, 4.69) is 15.1 Å². The van der Waals surface area contributed by atoms with E-state index in [0.717, 1.165) is 30.4 Å². The van der Waals surface area contributed by atoms with E-state index < -0.39 is 0 Å². The number of aromatic nitrogens is 3. The van der Waals surface area contributed by atoms with Gasteiger partial charge in [0.15, 0.2) is 5.82 Å². The van der Waals surface area contributed by atoms with E-state index in [4.69, 9.17) is 10.3 Å². The zero-order chi connectivity index (χ0) is 11.9. The van der Waals surface area contributed by atoms with E-state index in [1.165, 1.54) is 0 Å². The number of hydrogen-bond donors (Lipinski definition) is 1. The van der Waals surface area contributed by atoms with Gasteiger partial charge in [-0.05, 0) is 37.8 Å². The van der Waals surface area contributed by atoms with Gasteiger partial charge in [-0.3, -0.25) is 4.98 Å². The van der Waals surface area contributed by atoms with Crippen LogP contribution in [-0.2, 0) is 5.54 Å².